The van der Waals surface area contributed by atoms with Crippen LogP contribution < -0.4 is 14.8 Å². The number of carbonyl (C=O) groups is 1. The Labute approximate surface area is 209 Å². The number of fused-ring (bicyclic) bond motifs is 1. The number of rotatable bonds is 6. The fourth-order valence-corrected chi connectivity index (χ4v) is 5.02. The molecule has 0 aliphatic carbocycles. The summed E-state index contributed by atoms with van der Waals surface area (Å²) in [5.41, 5.74) is 1.26. The van der Waals surface area contributed by atoms with Gasteiger partial charge in [0.05, 0.1) is 25.6 Å². The molecule has 2 unspecified atom stereocenters. The number of nitrogens with one attached hydrogen (secondary N) is 1. The zero-order chi connectivity index (χ0) is 25.3. The molecule has 1 N–H and O–H groups in total. The summed E-state index contributed by atoms with van der Waals surface area (Å²) in [5, 5.41) is 7.31. The van der Waals surface area contributed by atoms with Crippen molar-refractivity contribution < 1.29 is 23.2 Å². The van der Waals surface area contributed by atoms with E-state index in [1.165, 1.54) is 12.1 Å². The van der Waals surface area contributed by atoms with Gasteiger partial charge in [-0.15, -0.1) is 0 Å². The predicted octanol–water partition coefficient (Wildman–Crippen LogP) is 4.51. The van der Waals surface area contributed by atoms with Crippen molar-refractivity contribution in [3.8, 4) is 22.9 Å². The van der Waals surface area contributed by atoms with Crippen molar-refractivity contribution in [2.45, 2.75) is 51.3 Å². The summed E-state index contributed by atoms with van der Waals surface area (Å²) < 4.78 is 30.1. The molecule has 1 amide bonds. The topological polar surface area (TPSA) is 89.7 Å². The normalized spacial score (nSPS) is 21.3. The van der Waals surface area contributed by atoms with Crippen LogP contribution in [-0.2, 0) is 11.3 Å². The van der Waals surface area contributed by atoms with E-state index in [1.807, 2.05) is 32.0 Å². The summed E-state index contributed by atoms with van der Waals surface area (Å²) in [7, 11) is 1.63. The number of likely N-dealkylation sites (tertiary alicyclic amines) is 1. The van der Waals surface area contributed by atoms with Crippen LogP contribution in [0.15, 0.2) is 47.0 Å². The number of hydrogen-bond acceptors (Lipinski definition) is 7. The molecule has 190 valence electrons. The molecule has 0 spiro atoms. The molecule has 36 heavy (non-hydrogen) atoms. The number of carbonyl (C=O) groups excluding carboxylic acids is 1. The van der Waals surface area contributed by atoms with Gasteiger partial charge in [-0.05, 0) is 69.6 Å². The van der Waals surface area contributed by atoms with E-state index in [2.05, 4.69) is 20.4 Å². The van der Waals surface area contributed by atoms with Crippen LogP contribution in [0, 0.1) is 11.7 Å². The van der Waals surface area contributed by atoms with E-state index in [0.717, 1.165) is 36.4 Å². The second kappa shape index (κ2) is 9.89. The molecule has 2 aliphatic heterocycles. The minimum Gasteiger partial charge on any atom is -0.497 e. The molecule has 1 fully saturated rings. The van der Waals surface area contributed by atoms with Crippen LogP contribution >= 0.6 is 0 Å². The molecule has 5 rings (SSSR count). The molecule has 8 nitrogen and oxygen atoms in total. The molecule has 2 atom stereocenters. The summed E-state index contributed by atoms with van der Waals surface area (Å²) >= 11 is 0. The third-order valence-corrected chi connectivity index (χ3v) is 6.80. The van der Waals surface area contributed by atoms with E-state index in [-0.39, 0.29) is 23.7 Å². The van der Waals surface area contributed by atoms with Gasteiger partial charge in [0, 0.05) is 30.2 Å². The second-order valence-corrected chi connectivity index (χ2v) is 10.1. The van der Waals surface area contributed by atoms with Crippen LogP contribution in [-0.4, -0.2) is 46.7 Å². The Morgan fingerprint density at radius 1 is 1.25 bits per heavy atom. The molecule has 0 radical (unpaired) electrons. The number of amides is 1. The summed E-state index contributed by atoms with van der Waals surface area (Å²) in [6, 6.07) is 11.6. The molecular weight excluding hydrogens is 463 g/mol. The average Bonchev–Trinajstić information content (AvgIpc) is 3.32. The predicted molar refractivity (Wildman–Crippen MR) is 131 cm³/mol. The molecule has 0 saturated carbocycles. The Bertz CT molecular complexity index is 1230. The Balaban J connectivity index is 1.23. The monoisotopic (exact) mass is 494 g/mol. The van der Waals surface area contributed by atoms with Gasteiger partial charge < -0.3 is 19.3 Å². The minimum atomic E-state index is -0.407. The van der Waals surface area contributed by atoms with Crippen molar-refractivity contribution in [2.75, 3.05) is 20.2 Å². The first-order valence-corrected chi connectivity index (χ1v) is 12.3. The summed E-state index contributed by atoms with van der Waals surface area (Å²) in [6.07, 6.45) is 2.42. The van der Waals surface area contributed by atoms with Gasteiger partial charge in [0.2, 0.25) is 17.6 Å². The highest BCUT2D eigenvalue weighted by Crippen LogP contribution is 2.41. The number of nitrogens with zero attached hydrogens (tertiary/aromatic N) is 3. The molecule has 3 aromatic rings. The Morgan fingerprint density at radius 3 is 2.83 bits per heavy atom. The quantitative estimate of drug-likeness (QED) is 0.539. The van der Waals surface area contributed by atoms with Crippen LogP contribution in [0.4, 0.5) is 4.39 Å². The first-order chi connectivity index (χ1) is 17.3. The van der Waals surface area contributed by atoms with Crippen LogP contribution in [0.5, 0.6) is 11.5 Å². The van der Waals surface area contributed by atoms with Gasteiger partial charge in [0.25, 0.3) is 0 Å². The molecule has 9 heteroatoms. The minimum absolute atomic E-state index is 0.0432. The Hall–Kier alpha value is -3.46. The van der Waals surface area contributed by atoms with Gasteiger partial charge in [-0.25, -0.2) is 4.39 Å². The van der Waals surface area contributed by atoms with Gasteiger partial charge in [-0.1, -0.05) is 5.16 Å². The maximum absolute atomic E-state index is 13.3. The van der Waals surface area contributed by atoms with Crippen molar-refractivity contribution in [2.24, 2.45) is 5.92 Å². The Morgan fingerprint density at radius 2 is 2.06 bits per heavy atom. The maximum atomic E-state index is 13.3. The number of piperidine rings is 1. The van der Waals surface area contributed by atoms with Gasteiger partial charge in [0.15, 0.2) is 0 Å². The number of aromatic nitrogens is 2. The lowest BCUT2D eigenvalue weighted by atomic mass is 9.88. The first-order valence-electron chi connectivity index (χ1n) is 12.3. The fourth-order valence-electron chi connectivity index (χ4n) is 5.02. The SMILES string of the molecule is COc1ccc2c(c1)OC(C)(C)CC2NC(=O)C1CCCN(Cc2nc(-c3ccc(F)cc3)no2)C1. The summed E-state index contributed by atoms with van der Waals surface area (Å²) in [4.78, 5) is 20.0. The number of methoxy groups -OCH3 is 1. The van der Waals surface area contributed by atoms with Crippen molar-refractivity contribution in [3.63, 3.8) is 0 Å². The number of halogens is 1. The van der Waals surface area contributed by atoms with Gasteiger partial charge in [0.1, 0.15) is 22.9 Å². The van der Waals surface area contributed by atoms with Crippen LogP contribution in [0.1, 0.15) is 50.6 Å². The molecule has 2 aliphatic rings. The largest absolute Gasteiger partial charge is 0.497 e. The zero-order valence-corrected chi connectivity index (χ0v) is 20.8. The third kappa shape index (κ3) is 5.36. The van der Waals surface area contributed by atoms with E-state index in [0.29, 0.717) is 36.8 Å². The van der Waals surface area contributed by atoms with Crippen LogP contribution in [0.3, 0.4) is 0 Å². The van der Waals surface area contributed by atoms with E-state index in [4.69, 9.17) is 14.0 Å². The summed E-state index contributed by atoms with van der Waals surface area (Å²) in [6.45, 7) is 5.99. The van der Waals surface area contributed by atoms with E-state index < -0.39 is 5.60 Å². The molecule has 1 saturated heterocycles. The van der Waals surface area contributed by atoms with E-state index in [9.17, 15) is 9.18 Å². The smallest absolute Gasteiger partial charge is 0.241 e. The lowest BCUT2D eigenvalue weighted by Gasteiger charge is -2.39. The van der Waals surface area contributed by atoms with Gasteiger partial charge in [-0.3, -0.25) is 9.69 Å². The third-order valence-electron chi connectivity index (χ3n) is 6.80. The average molecular weight is 495 g/mol. The first kappa shape index (κ1) is 24.2. The molecule has 3 heterocycles. The van der Waals surface area contributed by atoms with Crippen molar-refractivity contribution in [3.05, 3.63) is 59.7 Å². The molecule has 0 bridgehead atoms. The molecule has 2 aromatic carbocycles. The molecular formula is C27H31FN4O4. The highest BCUT2D eigenvalue weighted by molar-refractivity contribution is 5.79. The molecule has 1 aromatic heterocycles. The van der Waals surface area contributed by atoms with Crippen LogP contribution in [0.2, 0.25) is 0 Å². The maximum Gasteiger partial charge on any atom is 0.241 e. The lowest BCUT2D eigenvalue weighted by Crippen LogP contribution is -2.46. The second-order valence-electron chi connectivity index (χ2n) is 10.1. The highest BCUT2D eigenvalue weighted by atomic mass is 19.1. The van der Waals surface area contributed by atoms with Crippen molar-refractivity contribution >= 4 is 5.91 Å². The number of ether oxygens (including phenoxy) is 2. The van der Waals surface area contributed by atoms with Gasteiger partial charge >= 0.3 is 0 Å². The number of benzene rings is 2. The standard InChI is InChI=1S/C27H31FN4O4/c1-27(2)14-22(21-11-10-20(34-3)13-23(21)35-27)29-26(33)18-5-4-12-32(15-18)16-24-30-25(31-36-24)17-6-8-19(28)9-7-17/h6-11,13,18,22H,4-5,12,14-16H2,1-3H3,(H,29,33). The number of hydrogen-bond donors (Lipinski definition) is 1. The van der Waals surface area contributed by atoms with Gasteiger partial charge in [-0.2, -0.15) is 4.98 Å². The van der Waals surface area contributed by atoms with Crippen molar-refractivity contribution in [1.29, 1.82) is 0 Å². The summed E-state index contributed by atoms with van der Waals surface area (Å²) in [5.74, 6) is 1.97. The highest BCUT2D eigenvalue weighted by Gasteiger charge is 2.36. The van der Waals surface area contributed by atoms with Crippen molar-refractivity contribution in [1.82, 2.24) is 20.4 Å². The van der Waals surface area contributed by atoms with E-state index >= 15 is 0 Å². The van der Waals surface area contributed by atoms with E-state index in [1.54, 1.807) is 19.2 Å². The zero-order valence-electron chi connectivity index (χ0n) is 20.8. The lowest BCUT2D eigenvalue weighted by molar-refractivity contribution is -0.128. The van der Waals surface area contributed by atoms with Crippen LogP contribution in [0.25, 0.3) is 11.4 Å². The Kier molecular flexibility index (Phi) is 6.66. The fraction of sp³-hybridized carbons (Fsp3) is 0.444.